The first-order valence-corrected chi connectivity index (χ1v) is 7.09. The van der Waals surface area contributed by atoms with Crippen molar-refractivity contribution in [2.24, 2.45) is 0 Å². The molecule has 0 radical (unpaired) electrons. The third-order valence-corrected chi connectivity index (χ3v) is 3.02. The summed E-state index contributed by atoms with van der Waals surface area (Å²) < 4.78 is 26.8. The minimum absolute atomic E-state index is 0.181. The summed E-state index contributed by atoms with van der Waals surface area (Å²) in [7, 11) is -3.26. The Morgan fingerprint density at radius 1 is 1.47 bits per heavy atom. The van der Waals surface area contributed by atoms with Gasteiger partial charge in [0, 0.05) is 18.4 Å². The Kier molecular flexibility index (Phi) is 4.43. The lowest BCUT2D eigenvalue weighted by Crippen LogP contribution is -2.13. The van der Waals surface area contributed by atoms with E-state index in [1.165, 1.54) is 0 Å². The van der Waals surface area contributed by atoms with Crippen LogP contribution >= 0.6 is 0 Å². The first-order chi connectivity index (χ1) is 8.70. The highest BCUT2D eigenvalue weighted by atomic mass is 32.2. The second-order valence-electron chi connectivity index (χ2n) is 3.72. The molecule has 9 heteroatoms. The van der Waals surface area contributed by atoms with Gasteiger partial charge in [-0.3, -0.25) is 10.1 Å². The number of benzene rings is 1. The molecule has 104 valence electrons. The number of hydrogen-bond donors (Lipinski definition) is 1. The average Bonchev–Trinajstić information content (AvgIpc) is 2.26. The van der Waals surface area contributed by atoms with E-state index in [2.05, 4.69) is 0 Å². The van der Waals surface area contributed by atoms with Gasteiger partial charge < -0.3 is 9.84 Å². The molecule has 0 aromatic heterocycles. The van der Waals surface area contributed by atoms with Crippen LogP contribution in [-0.2, 0) is 9.84 Å². The molecule has 0 aliphatic carbocycles. The van der Waals surface area contributed by atoms with Crippen LogP contribution in [0.25, 0.3) is 0 Å². The van der Waals surface area contributed by atoms with E-state index in [4.69, 9.17) is 9.84 Å². The number of aromatic carboxylic acids is 1. The quantitative estimate of drug-likeness (QED) is 0.604. The summed E-state index contributed by atoms with van der Waals surface area (Å²) in [6.07, 6.45) is 0.998. The fourth-order valence-electron chi connectivity index (χ4n) is 1.22. The van der Waals surface area contributed by atoms with Crippen molar-refractivity contribution >= 4 is 21.5 Å². The number of sulfone groups is 1. The number of carboxylic acid groups (broad SMARTS) is 1. The molecular formula is C10H11NO7S. The fraction of sp³-hybridized carbons (Fsp3) is 0.300. The van der Waals surface area contributed by atoms with Crippen molar-refractivity contribution in [3.63, 3.8) is 0 Å². The summed E-state index contributed by atoms with van der Waals surface area (Å²) in [6, 6.07) is 3.06. The number of nitro benzene ring substituents is 1. The van der Waals surface area contributed by atoms with Crippen LogP contribution in [0.4, 0.5) is 5.69 Å². The number of nitrogens with zero attached hydrogens (tertiary/aromatic N) is 1. The first kappa shape index (κ1) is 14.9. The normalized spacial score (nSPS) is 11.0. The maximum Gasteiger partial charge on any atom is 0.335 e. The van der Waals surface area contributed by atoms with Crippen LogP contribution in [0.3, 0.4) is 0 Å². The molecule has 0 heterocycles. The zero-order valence-corrected chi connectivity index (χ0v) is 10.7. The SMILES string of the molecule is CS(=O)(=O)CCOc1cc(C(=O)O)ccc1[N+](=O)[O-]. The third-order valence-electron chi connectivity index (χ3n) is 2.12. The minimum atomic E-state index is -3.26. The molecule has 0 aliphatic rings. The number of ether oxygens (including phenoxy) is 1. The standard InChI is InChI=1S/C10H11NO7S/c1-19(16,17)5-4-18-9-6-7(10(12)13)2-3-8(9)11(14)15/h2-3,6H,4-5H2,1H3,(H,12,13). The van der Waals surface area contributed by atoms with Crippen LogP contribution in [0.15, 0.2) is 18.2 Å². The lowest BCUT2D eigenvalue weighted by molar-refractivity contribution is -0.385. The van der Waals surface area contributed by atoms with E-state index in [0.29, 0.717) is 0 Å². The number of nitro groups is 1. The molecule has 1 rings (SSSR count). The molecular weight excluding hydrogens is 278 g/mol. The molecule has 0 aliphatic heterocycles. The van der Waals surface area contributed by atoms with Gasteiger partial charge in [0.15, 0.2) is 15.6 Å². The highest BCUT2D eigenvalue weighted by Gasteiger charge is 2.18. The van der Waals surface area contributed by atoms with Crippen LogP contribution in [0.5, 0.6) is 5.75 Å². The van der Waals surface area contributed by atoms with Gasteiger partial charge in [0.1, 0.15) is 6.61 Å². The van der Waals surface area contributed by atoms with Gasteiger partial charge >= 0.3 is 11.7 Å². The average molecular weight is 289 g/mol. The Morgan fingerprint density at radius 2 is 2.11 bits per heavy atom. The Morgan fingerprint density at radius 3 is 2.58 bits per heavy atom. The molecule has 0 spiro atoms. The van der Waals surface area contributed by atoms with E-state index >= 15 is 0 Å². The van der Waals surface area contributed by atoms with Crippen LogP contribution in [0.1, 0.15) is 10.4 Å². The van der Waals surface area contributed by atoms with Crippen molar-refractivity contribution in [2.45, 2.75) is 0 Å². The Balaban J connectivity index is 2.98. The Labute approximate surface area is 108 Å². The van der Waals surface area contributed by atoms with Crippen molar-refractivity contribution in [1.29, 1.82) is 0 Å². The van der Waals surface area contributed by atoms with Gasteiger partial charge in [-0.25, -0.2) is 13.2 Å². The molecule has 0 saturated heterocycles. The molecule has 0 amide bonds. The monoisotopic (exact) mass is 289 g/mol. The predicted molar refractivity (Wildman–Crippen MR) is 65.3 cm³/mol. The highest BCUT2D eigenvalue weighted by molar-refractivity contribution is 7.90. The number of carbonyl (C=O) groups is 1. The highest BCUT2D eigenvalue weighted by Crippen LogP contribution is 2.28. The maximum atomic E-state index is 10.9. The fourth-order valence-corrected chi connectivity index (χ4v) is 1.60. The molecule has 0 unspecified atom stereocenters. The first-order valence-electron chi connectivity index (χ1n) is 5.03. The molecule has 0 atom stereocenters. The molecule has 8 nitrogen and oxygen atoms in total. The van der Waals surface area contributed by atoms with Crippen molar-refractivity contribution < 1.29 is 28.0 Å². The van der Waals surface area contributed by atoms with Crippen molar-refractivity contribution in [3.8, 4) is 5.75 Å². The van der Waals surface area contributed by atoms with Gasteiger partial charge in [-0.1, -0.05) is 0 Å². The van der Waals surface area contributed by atoms with Crippen LogP contribution in [0.2, 0.25) is 0 Å². The molecule has 0 fully saturated rings. The molecule has 1 N–H and O–H groups in total. The number of rotatable bonds is 6. The molecule has 1 aromatic rings. The topological polar surface area (TPSA) is 124 Å². The summed E-state index contributed by atoms with van der Waals surface area (Å²) in [5.74, 6) is -1.85. The van der Waals surface area contributed by atoms with E-state index in [1.807, 2.05) is 0 Å². The molecule has 0 bridgehead atoms. The van der Waals surface area contributed by atoms with Crippen LogP contribution in [-0.4, -0.2) is 43.0 Å². The van der Waals surface area contributed by atoms with Crippen LogP contribution in [0, 0.1) is 10.1 Å². The van der Waals surface area contributed by atoms with Gasteiger partial charge in [0.25, 0.3) is 0 Å². The summed E-state index contributed by atoms with van der Waals surface area (Å²) in [4.78, 5) is 20.7. The summed E-state index contributed by atoms with van der Waals surface area (Å²) >= 11 is 0. The summed E-state index contributed by atoms with van der Waals surface area (Å²) in [5, 5.41) is 19.5. The molecule has 0 saturated carbocycles. The Bertz CT molecular complexity index is 608. The van der Waals surface area contributed by atoms with Crippen molar-refractivity contribution in [1.82, 2.24) is 0 Å². The lowest BCUT2D eigenvalue weighted by atomic mass is 10.2. The Hall–Kier alpha value is -2.16. The van der Waals surface area contributed by atoms with Crippen LogP contribution < -0.4 is 4.74 Å². The largest absolute Gasteiger partial charge is 0.486 e. The zero-order chi connectivity index (χ0) is 14.6. The second-order valence-corrected chi connectivity index (χ2v) is 5.98. The van der Waals surface area contributed by atoms with Gasteiger partial charge in [0.2, 0.25) is 0 Å². The minimum Gasteiger partial charge on any atom is -0.486 e. The van der Waals surface area contributed by atoms with Gasteiger partial charge in [-0.2, -0.15) is 0 Å². The summed E-state index contributed by atoms with van der Waals surface area (Å²) in [5.41, 5.74) is -0.599. The number of carboxylic acids is 1. The van der Waals surface area contributed by atoms with Gasteiger partial charge in [-0.05, 0) is 6.07 Å². The second kappa shape index (κ2) is 5.65. The van der Waals surface area contributed by atoms with E-state index in [0.717, 1.165) is 24.5 Å². The number of hydrogen-bond acceptors (Lipinski definition) is 6. The third kappa shape index (κ3) is 4.54. The van der Waals surface area contributed by atoms with E-state index in [9.17, 15) is 23.3 Å². The lowest BCUT2D eigenvalue weighted by Gasteiger charge is -2.06. The van der Waals surface area contributed by atoms with E-state index in [1.54, 1.807) is 0 Å². The molecule has 1 aromatic carbocycles. The zero-order valence-electron chi connectivity index (χ0n) is 9.90. The van der Waals surface area contributed by atoms with E-state index in [-0.39, 0.29) is 23.7 Å². The molecule has 19 heavy (non-hydrogen) atoms. The van der Waals surface area contributed by atoms with Crippen molar-refractivity contribution in [3.05, 3.63) is 33.9 Å². The van der Waals surface area contributed by atoms with Gasteiger partial charge in [-0.15, -0.1) is 0 Å². The van der Waals surface area contributed by atoms with Crippen molar-refractivity contribution in [2.75, 3.05) is 18.6 Å². The maximum absolute atomic E-state index is 10.9. The summed E-state index contributed by atoms with van der Waals surface area (Å²) in [6.45, 7) is -0.289. The predicted octanol–water partition coefficient (Wildman–Crippen LogP) is 0.716. The van der Waals surface area contributed by atoms with E-state index < -0.39 is 26.4 Å². The van der Waals surface area contributed by atoms with Gasteiger partial charge in [0.05, 0.1) is 16.2 Å². The smallest absolute Gasteiger partial charge is 0.335 e.